The van der Waals surface area contributed by atoms with Gasteiger partial charge in [-0.25, -0.2) is 0 Å². The molecule has 12 heavy (non-hydrogen) atoms. The Labute approximate surface area is 73.9 Å². The molecule has 1 aliphatic carbocycles. The fraction of sp³-hybridized carbons (Fsp3) is 0.800. The molecule has 2 nitrogen and oxygen atoms in total. The molecule has 0 aromatic rings. The second-order valence-corrected chi connectivity index (χ2v) is 4.30. The molecule has 1 rings (SSSR count). The van der Waals surface area contributed by atoms with Gasteiger partial charge in [0.1, 0.15) is 0 Å². The zero-order valence-electron chi connectivity index (χ0n) is 7.88. The van der Waals surface area contributed by atoms with Crippen molar-refractivity contribution in [2.75, 3.05) is 0 Å². The van der Waals surface area contributed by atoms with Gasteiger partial charge in [-0.2, -0.15) is 0 Å². The first-order valence-corrected chi connectivity index (χ1v) is 4.49. The molecule has 0 bridgehead atoms. The van der Waals surface area contributed by atoms with Crippen molar-refractivity contribution in [1.82, 2.24) is 0 Å². The van der Waals surface area contributed by atoms with Crippen LogP contribution in [0.2, 0.25) is 0 Å². The first kappa shape index (κ1) is 9.75. The van der Waals surface area contributed by atoms with Gasteiger partial charge in [-0.1, -0.05) is 6.58 Å². The third kappa shape index (κ3) is 2.08. The lowest BCUT2D eigenvalue weighted by Gasteiger charge is -2.35. The van der Waals surface area contributed by atoms with Gasteiger partial charge in [0, 0.05) is 0 Å². The standard InChI is InChI=1S/C10H18O2/c1-7-4-5-8(6-9(7)11)10(2,3)12/h8-9,11-12H,1,4-6H2,2-3H3/t8-,9+/m1/s1. The zero-order chi connectivity index (χ0) is 9.35. The van der Waals surface area contributed by atoms with Crippen LogP contribution in [0, 0.1) is 5.92 Å². The smallest absolute Gasteiger partial charge is 0.0751 e. The highest BCUT2D eigenvalue weighted by Gasteiger charge is 2.32. The highest BCUT2D eigenvalue weighted by atomic mass is 16.3. The molecule has 2 atom stereocenters. The molecular weight excluding hydrogens is 152 g/mol. The van der Waals surface area contributed by atoms with Crippen molar-refractivity contribution in [3.8, 4) is 0 Å². The molecule has 0 aromatic heterocycles. The van der Waals surface area contributed by atoms with Crippen LogP contribution in [-0.4, -0.2) is 21.9 Å². The molecule has 1 saturated carbocycles. The average molecular weight is 170 g/mol. The third-order valence-corrected chi connectivity index (χ3v) is 2.79. The number of aliphatic hydroxyl groups is 2. The first-order valence-electron chi connectivity index (χ1n) is 4.49. The van der Waals surface area contributed by atoms with Crippen molar-refractivity contribution in [1.29, 1.82) is 0 Å². The summed E-state index contributed by atoms with van der Waals surface area (Å²) >= 11 is 0. The molecule has 2 N–H and O–H groups in total. The molecule has 0 aliphatic heterocycles. The molecule has 0 spiro atoms. The minimum Gasteiger partial charge on any atom is -0.390 e. The molecule has 1 aliphatic rings. The molecule has 0 unspecified atom stereocenters. The van der Waals surface area contributed by atoms with E-state index >= 15 is 0 Å². The van der Waals surface area contributed by atoms with E-state index in [2.05, 4.69) is 6.58 Å². The quantitative estimate of drug-likeness (QED) is 0.585. The van der Waals surface area contributed by atoms with E-state index in [1.54, 1.807) is 13.8 Å². The number of rotatable bonds is 1. The third-order valence-electron chi connectivity index (χ3n) is 2.79. The molecule has 0 amide bonds. The SMILES string of the molecule is C=C1CC[C@@H](C(C)(C)O)C[C@@H]1O. The Morgan fingerprint density at radius 3 is 2.50 bits per heavy atom. The van der Waals surface area contributed by atoms with Crippen molar-refractivity contribution in [2.24, 2.45) is 5.92 Å². The summed E-state index contributed by atoms with van der Waals surface area (Å²) in [6.07, 6.45) is 2.03. The monoisotopic (exact) mass is 170 g/mol. The molecule has 2 heteroatoms. The van der Waals surface area contributed by atoms with Crippen LogP contribution in [0.1, 0.15) is 33.1 Å². The van der Waals surface area contributed by atoms with Crippen molar-refractivity contribution >= 4 is 0 Å². The molecule has 0 aromatic carbocycles. The van der Waals surface area contributed by atoms with Gasteiger partial charge in [0.15, 0.2) is 0 Å². The number of hydrogen-bond donors (Lipinski definition) is 2. The molecular formula is C10H18O2. The Kier molecular flexibility index (Phi) is 2.59. The molecule has 0 radical (unpaired) electrons. The van der Waals surface area contributed by atoms with Gasteiger partial charge >= 0.3 is 0 Å². The second kappa shape index (κ2) is 3.19. The van der Waals surface area contributed by atoms with E-state index in [0.29, 0.717) is 6.42 Å². The van der Waals surface area contributed by atoms with Crippen LogP contribution >= 0.6 is 0 Å². The van der Waals surface area contributed by atoms with Crippen LogP contribution in [-0.2, 0) is 0 Å². The Morgan fingerprint density at radius 1 is 1.50 bits per heavy atom. The van der Waals surface area contributed by atoms with Crippen LogP contribution in [0.15, 0.2) is 12.2 Å². The van der Waals surface area contributed by atoms with Crippen LogP contribution in [0.5, 0.6) is 0 Å². The highest BCUT2D eigenvalue weighted by molar-refractivity contribution is 5.07. The van der Waals surface area contributed by atoms with Gasteiger partial charge in [0.05, 0.1) is 11.7 Å². The van der Waals surface area contributed by atoms with E-state index in [-0.39, 0.29) is 5.92 Å². The summed E-state index contributed by atoms with van der Waals surface area (Å²) in [6.45, 7) is 7.39. The summed E-state index contributed by atoms with van der Waals surface area (Å²) in [4.78, 5) is 0. The maximum absolute atomic E-state index is 9.71. The number of aliphatic hydroxyl groups excluding tert-OH is 1. The Balaban J connectivity index is 2.57. The van der Waals surface area contributed by atoms with E-state index < -0.39 is 11.7 Å². The lowest BCUT2D eigenvalue weighted by molar-refractivity contribution is -0.0154. The van der Waals surface area contributed by atoms with E-state index in [1.807, 2.05) is 0 Å². The largest absolute Gasteiger partial charge is 0.390 e. The van der Waals surface area contributed by atoms with Gasteiger partial charge in [0.2, 0.25) is 0 Å². The van der Waals surface area contributed by atoms with Crippen molar-refractivity contribution < 1.29 is 10.2 Å². The first-order chi connectivity index (χ1) is 5.41. The molecule has 0 heterocycles. The minimum atomic E-state index is -0.665. The second-order valence-electron chi connectivity index (χ2n) is 4.30. The highest BCUT2D eigenvalue weighted by Crippen LogP contribution is 2.34. The van der Waals surface area contributed by atoms with E-state index in [1.165, 1.54) is 0 Å². The van der Waals surface area contributed by atoms with Crippen LogP contribution in [0.3, 0.4) is 0 Å². The predicted molar refractivity (Wildman–Crippen MR) is 48.8 cm³/mol. The summed E-state index contributed by atoms with van der Waals surface area (Å²) in [5.74, 6) is 0.206. The van der Waals surface area contributed by atoms with Crippen molar-refractivity contribution in [3.05, 3.63) is 12.2 Å². The lowest BCUT2D eigenvalue weighted by atomic mass is 9.76. The summed E-state index contributed by atoms with van der Waals surface area (Å²) in [5.41, 5.74) is 0.248. The molecule has 70 valence electrons. The summed E-state index contributed by atoms with van der Waals surface area (Å²) in [7, 11) is 0. The average Bonchev–Trinajstić information content (AvgIpc) is 1.92. The van der Waals surface area contributed by atoms with E-state index in [9.17, 15) is 10.2 Å². The van der Waals surface area contributed by atoms with E-state index in [0.717, 1.165) is 18.4 Å². The Morgan fingerprint density at radius 2 is 2.08 bits per heavy atom. The normalized spacial score (nSPS) is 32.2. The van der Waals surface area contributed by atoms with Crippen LogP contribution in [0.25, 0.3) is 0 Å². The number of hydrogen-bond acceptors (Lipinski definition) is 2. The fourth-order valence-corrected chi connectivity index (χ4v) is 1.72. The van der Waals surface area contributed by atoms with Gasteiger partial charge in [0.25, 0.3) is 0 Å². The van der Waals surface area contributed by atoms with Gasteiger partial charge in [-0.15, -0.1) is 0 Å². The Bertz CT molecular complexity index is 179. The summed E-state index contributed by atoms with van der Waals surface area (Å²) < 4.78 is 0. The molecule has 0 saturated heterocycles. The minimum absolute atomic E-state index is 0.206. The van der Waals surface area contributed by atoms with Gasteiger partial charge in [-0.3, -0.25) is 0 Å². The molecule has 1 fully saturated rings. The Hall–Kier alpha value is -0.340. The fourth-order valence-electron chi connectivity index (χ4n) is 1.72. The predicted octanol–water partition coefficient (Wildman–Crippen LogP) is 1.47. The van der Waals surface area contributed by atoms with E-state index in [4.69, 9.17) is 0 Å². The van der Waals surface area contributed by atoms with Crippen molar-refractivity contribution in [2.45, 2.75) is 44.8 Å². The maximum Gasteiger partial charge on any atom is 0.0751 e. The van der Waals surface area contributed by atoms with Crippen molar-refractivity contribution in [3.63, 3.8) is 0 Å². The zero-order valence-corrected chi connectivity index (χ0v) is 7.88. The lowest BCUT2D eigenvalue weighted by Crippen LogP contribution is -2.36. The topological polar surface area (TPSA) is 40.5 Å². The maximum atomic E-state index is 9.71. The van der Waals surface area contributed by atoms with Gasteiger partial charge in [-0.05, 0) is 44.6 Å². The van der Waals surface area contributed by atoms with Crippen LogP contribution in [0.4, 0.5) is 0 Å². The summed E-state index contributed by atoms with van der Waals surface area (Å²) in [5, 5.41) is 19.2. The van der Waals surface area contributed by atoms with Gasteiger partial charge < -0.3 is 10.2 Å². The van der Waals surface area contributed by atoms with Crippen LogP contribution < -0.4 is 0 Å². The summed E-state index contributed by atoms with van der Waals surface area (Å²) in [6, 6.07) is 0.